The van der Waals surface area contributed by atoms with Crippen LogP contribution in [-0.2, 0) is 0 Å². The van der Waals surface area contributed by atoms with E-state index in [0.717, 1.165) is 6.08 Å². The van der Waals surface area contributed by atoms with Gasteiger partial charge in [-0.15, -0.1) is 0 Å². The van der Waals surface area contributed by atoms with Crippen molar-refractivity contribution >= 4 is 0 Å². The Morgan fingerprint density at radius 3 is 2.40 bits per heavy atom. The maximum Gasteiger partial charge on any atom is 0.133 e. The lowest BCUT2D eigenvalue weighted by molar-refractivity contribution is -0.00173. The number of halogens is 1. The first-order valence-electron chi connectivity index (χ1n) is 4.63. The first-order valence-corrected chi connectivity index (χ1v) is 4.63. The van der Waals surface area contributed by atoms with Gasteiger partial charge in [0.1, 0.15) is 23.3 Å². The van der Waals surface area contributed by atoms with Crippen molar-refractivity contribution in [1.82, 2.24) is 0 Å². The van der Waals surface area contributed by atoms with E-state index in [1.165, 1.54) is 24.3 Å². The molecular formula is C12H14FO2. The second kappa shape index (κ2) is 4.45. The van der Waals surface area contributed by atoms with E-state index < -0.39 is 11.7 Å². The molecule has 0 heterocycles. The molecule has 2 nitrogen and oxygen atoms in total. The Bertz CT molecular complexity index is 330. The van der Waals surface area contributed by atoms with Gasteiger partial charge in [-0.1, -0.05) is 12.7 Å². The summed E-state index contributed by atoms with van der Waals surface area (Å²) in [5, 5.41) is 9.52. The molecule has 0 spiro atoms. The van der Waals surface area contributed by atoms with Crippen molar-refractivity contribution in [3.05, 3.63) is 42.7 Å². The van der Waals surface area contributed by atoms with Crippen LogP contribution in [0.2, 0.25) is 0 Å². The molecule has 0 aliphatic carbocycles. The third-order valence-electron chi connectivity index (χ3n) is 2.09. The Labute approximate surface area is 89.0 Å². The van der Waals surface area contributed by atoms with Gasteiger partial charge in [-0.3, -0.25) is 0 Å². The smallest absolute Gasteiger partial charge is 0.133 e. The Kier molecular flexibility index (Phi) is 3.48. The van der Waals surface area contributed by atoms with Gasteiger partial charge in [-0.25, -0.2) is 4.39 Å². The standard InChI is InChI=1S/C12H14FO2/c1-4-11(14)12(2,3)15-10-7-5-9(13)6-8-10/h1,4-8,11,14H,2-3H3. The molecule has 0 amide bonds. The van der Waals surface area contributed by atoms with Crippen molar-refractivity contribution in [2.24, 2.45) is 0 Å². The van der Waals surface area contributed by atoms with Gasteiger partial charge in [0.15, 0.2) is 0 Å². The Hall–Kier alpha value is -1.35. The fourth-order valence-electron chi connectivity index (χ4n) is 1.10. The monoisotopic (exact) mass is 209 g/mol. The summed E-state index contributed by atoms with van der Waals surface area (Å²) in [6.45, 7) is 8.62. The fourth-order valence-corrected chi connectivity index (χ4v) is 1.10. The van der Waals surface area contributed by atoms with E-state index in [1.807, 2.05) is 0 Å². The molecule has 0 aromatic heterocycles. The Morgan fingerprint density at radius 2 is 1.93 bits per heavy atom. The summed E-state index contributed by atoms with van der Waals surface area (Å²) in [6.07, 6.45) is 0.270. The van der Waals surface area contributed by atoms with Crippen molar-refractivity contribution in [3.63, 3.8) is 0 Å². The molecule has 81 valence electrons. The normalized spacial score (nSPS) is 13.3. The van der Waals surface area contributed by atoms with Crippen molar-refractivity contribution in [3.8, 4) is 5.75 Å². The summed E-state index contributed by atoms with van der Waals surface area (Å²) >= 11 is 0. The molecule has 0 saturated heterocycles. The quantitative estimate of drug-likeness (QED) is 0.824. The highest BCUT2D eigenvalue weighted by Crippen LogP contribution is 2.21. The molecule has 1 rings (SSSR count). The molecule has 1 unspecified atom stereocenters. The van der Waals surface area contributed by atoms with Crippen LogP contribution < -0.4 is 4.74 Å². The molecular weight excluding hydrogens is 195 g/mol. The highest BCUT2D eigenvalue weighted by atomic mass is 19.1. The van der Waals surface area contributed by atoms with Crippen LogP contribution >= 0.6 is 0 Å². The van der Waals surface area contributed by atoms with Crippen LogP contribution in [0.1, 0.15) is 13.8 Å². The molecule has 15 heavy (non-hydrogen) atoms. The van der Waals surface area contributed by atoms with E-state index in [2.05, 4.69) is 0 Å². The Morgan fingerprint density at radius 1 is 1.40 bits per heavy atom. The third kappa shape index (κ3) is 3.06. The van der Waals surface area contributed by atoms with Gasteiger partial charge in [0.05, 0.1) is 0 Å². The van der Waals surface area contributed by atoms with Gasteiger partial charge >= 0.3 is 0 Å². The van der Waals surface area contributed by atoms with Crippen LogP contribution in [0.3, 0.4) is 0 Å². The summed E-state index contributed by atoms with van der Waals surface area (Å²) in [5.74, 6) is 0.161. The van der Waals surface area contributed by atoms with Gasteiger partial charge in [-0.05, 0) is 38.1 Å². The SMILES string of the molecule is [CH]=CC(O)C(C)(C)Oc1ccc(F)cc1. The predicted molar refractivity (Wildman–Crippen MR) is 56.0 cm³/mol. The van der Waals surface area contributed by atoms with Gasteiger partial charge in [0.25, 0.3) is 0 Å². The summed E-state index contributed by atoms with van der Waals surface area (Å²) in [4.78, 5) is 0. The van der Waals surface area contributed by atoms with E-state index in [1.54, 1.807) is 13.8 Å². The highest BCUT2D eigenvalue weighted by molar-refractivity contribution is 5.23. The van der Waals surface area contributed by atoms with Crippen LogP contribution in [0.4, 0.5) is 4.39 Å². The average Bonchev–Trinajstić information content (AvgIpc) is 2.20. The first kappa shape index (κ1) is 11.7. The lowest BCUT2D eigenvalue weighted by Gasteiger charge is -2.29. The average molecular weight is 209 g/mol. The zero-order chi connectivity index (χ0) is 11.5. The maximum absolute atomic E-state index is 12.6. The van der Waals surface area contributed by atoms with Gasteiger partial charge in [0, 0.05) is 0 Å². The minimum Gasteiger partial charge on any atom is -0.485 e. The number of hydrogen-bond donors (Lipinski definition) is 1. The maximum atomic E-state index is 12.6. The van der Waals surface area contributed by atoms with Crippen LogP contribution in [0.25, 0.3) is 0 Å². The molecule has 1 N–H and O–H groups in total. The summed E-state index contributed by atoms with van der Waals surface area (Å²) in [6, 6.07) is 5.59. The van der Waals surface area contributed by atoms with Crippen LogP contribution in [0.15, 0.2) is 30.3 Å². The van der Waals surface area contributed by atoms with E-state index in [0.29, 0.717) is 5.75 Å². The van der Waals surface area contributed by atoms with E-state index in [-0.39, 0.29) is 5.82 Å². The number of hydrogen-bond acceptors (Lipinski definition) is 2. The first-order chi connectivity index (χ1) is 6.95. The number of benzene rings is 1. The molecule has 0 aliphatic heterocycles. The second-order valence-corrected chi connectivity index (χ2v) is 3.80. The largest absolute Gasteiger partial charge is 0.485 e. The molecule has 3 heteroatoms. The zero-order valence-electron chi connectivity index (χ0n) is 8.77. The van der Waals surface area contributed by atoms with E-state index in [9.17, 15) is 9.50 Å². The van der Waals surface area contributed by atoms with Crippen LogP contribution in [0, 0.1) is 12.4 Å². The lowest BCUT2D eigenvalue weighted by Crippen LogP contribution is -2.40. The van der Waals surface area contributed by atoms with Gasteiger partial charge < -0.3 is 9.84 Å². The topological polar surface area (TPSA) is 29.5 Å². The van der Waals surface area contributed by atoms with Gasteiger partial charge in [-0.2, -0.15) is 0 Å². The van der Waals surface area contributed by atoms with Crippen molar-refractivity contribution < 1.29 is 14.2 Å². The number of rotatable bonds is 4. The minimum absolute atomic E-state index is 0.328. The molecule has 1 aromatic carbocycles. The van der Waals surface area contributed by atoms with Crippen LogP contribution in [0.5, 0.6) is 5.75 Å². The molecule has 0 aliphatic rings. The lowest BCUT2D eigenvalue weighted by atomic mass is 10.0. The second-order valence-electron chi connectivity index (χ2n) is 3.80. The van der Waals surface area contributed by atoms with Gasteiger partial charge in [0.2, 0.25) is 0 Å². The summed E-state index contributed by atoms with van der Waals surface area (Å²) in [5.41, 5.74) is -0.841. The molecule has 1 radical (unpaired) electrons. The third-order valence-corrected chi connectivity index (χ3v) is 2.09. The summed E-state index contributed by atoms with van der Waals surface area (Å²) < 4.78 is 18.1. The molecule has 1 atom stereocenters. The van der Waals surface area contributed by atoms with Crippen LogP contribution in [-0.4, -0.2) is 16.8 Å². The molecule has 1 aromatic rings. The molecule has 0 saturated carbocycles. The van der Waals surface area contributed by atoms with E-state index >= 15 is 0 Å². The predicted octanol–water partition coefficient (Wildman–Crippen LogP) is 2.33. The molecule has 0 bridgehead atoms. The van der Waals surface area contributed by atoms with E-state index in [4.69, 9.17) is 11.3 Å². The number of aliphatic hydroxyl groups excluding tert-OH is 1. The zero-order valence-corrected chi connectivity index (χ0v) is 8.77. The fraction of sp³-hybridized carbons (Fsp3) is 0.333. The number of aliphatic hydroxyl groups is 1. The Balaban J connectivity index is 2.76. The van der Waals surface area contributed by atoms with Crippen molar-refractivity contribution in [2.45, 2.75) is 25.6 Å². The number of ether oxygens (including phenoxy) is 1. The highest BCUT2D eigenvalue weighted by Gasteiger charge is 2.27. The van der Waals surface area contributed by atoms with Crippen molar-refractivity contribution in [1.29, 1.82) is 0 Å². The van der Waals surface area contributed by atoms with Crippen molar-refractivity contribution in [2.75, 3.05) is 0 Å². The summed E-state index contributed by atoms with van der Waals surface area (Å²) in [7, 11) is 0. The molecule has 0 fully saturated rings. The minimum atomic E-state index is -0.887.